The van der Waals surface area contributed by atoms with Crippen LogP contribution in [0, 0.1) is 0 Å². The van der Waals surface area contributed by atoms with Crippen LogP contribution >= 0.6 is 0 Å². The second kappa shape index (κ2) is 3.47. The normalized spacial score (nSPS) is 11.5. The summed E-state index contributed by atoms with van der Waals surface area (Å²) in [5, 5.41) is 2.58. The summed E-state index contributed by atoms with van der Waals surface area (Å²) in [6.45, 7) is 0.184. The molecule has 0 saturated heterocycles. The number of nitrogens with two attached hydrogens (primary N) is 4. The van der Waals surface area contributed by atoms with Crippen molar-refractivity contribution >= 4 is 5.91 Å². The van der Waals surface area contributed by atoms with E-state index in [1.54, 1.807) is 0 Å². The van der Waals surface area contributed by atoms with Gasteiger partial charge in [-0.25, -0.2) is 0 Å². The first kappa shape index (κ1) is 9.31. The highest BCUT2D eigenvalue weighted by Gasteiger charge is 2.10. The number of rotatable bonds is 4. The molecule has 10 heavy (non-hydrogen) atoms. The molecule has 6 heteroatoms. The average molecular weight is 147 g/mol. The molecule has 0 atom stereocenters. The Bertz CT molecular complexity index is 117. The van der Waals surface area contributed by atoms with E-state index in [4.69, 9.17) is 22.9 Å². The van der Waals surface area contributed by atoms with E-state index in [9.17, 15) is 4.79 Å². The predicted octanol–water partition coefficient (Wildman–Crippen LogP) is -3.41. The van der Waals surface area contributed by atoms with Crippen molar-refractivity contribution in [2.45, 2.75) is 5.79 Å². The van der Waals surface area contributed by atoms with E-state index in [0.717, 1.165) is 0 Å². The zero-order chi connectivity index (χ0) is 8.20. The van der Waals surface area contributed by atoms with Crippen LogP contribution in [0.5, 0.6) is 0 Å². The molecule has 0 unspecified atom stereocenters. The molecule has 1 amide bonds. The standard InChI is InChI=1S/C4H13N5O/c5-3(10)1-9-2-4(6,7)8/h9H,1-2,6-8H2,(H2,5,10). The lowest BCUT2D eigenvalue weighted by molar-refractivity contribution is -0.117. The molecule has 9 N–H and O–H groups in total. The van der Waals surface area contributed by atoms with Gasteiger partial charge >= 0.3 is 0 Å². The van der Waals surface area contributed by atoms with Crippen LogP contribution in [0.15, 0.2) is 0 Å². The van der Waals surface area contributed by atoms with Crippen LogP contribution in [0.1, 0.15) is 0 Å². The molecule has 0 aromatic heterocycles. The first-order valence-electron chi connectivity index (χ1n) is 2.77. The Morgan fingerprint density at radius 1 is 1.40 bits per heavy atom. The highest BCUT2D eigenvalue weighted by atomic mass is 16.1. The Hall–Kier alpha value is -0.690. The minimum absolute atomic E-state index is 0.0351. The van der Waals surface area contributed by atoms with Gasteiger partial charge in [0.25, 0.3) is 0 Å². The lowest BCUT2D eigenvalue weighted by atomic mass is 10.4. The molecule has 0 spiro atoms. The quantitative estimate of drug-likeness (QED) is 0.264. The fourth-order valence-electron chi connectivity index (χ4n) is 0.402. The van der Waals surface area contributed by atoms with Crippen LogP contribution < -0.4 is 28.3 Å². The summed E-state index contributed by atoms with van der Waals surface area (Å²) in [7, 11) is 0. The van der Waals surface area contributed by atoms with Gasteiger partial charge in [-0.2, -0.15) is 0 Å². The van der Waals surface area contributed by atoms with Crippen molar-refractivity contribution < 1.29 is 4.79 Å². The molecule has 0 aromatic carbocycles. The molecule has 6 nitrogen and oxygen atoms in total. The molecular weight excluding hydrogens is 134 g/mol. The Morgan fingerprint density at radius 3 is 2.20 bits per heavy atom. The molecular formula is C4H13N5O. The minimum Gasteiger partial charge on any atom is -0.369 e. The molecule has 0 aromatic rings. The second-order valence-corrected chi connectivity index (χ2v) is 2.18. The monoisotopic (exact) mass is 147 g/mol. The molecule has 0 aliphatic heterocycles. The van der Waals surface area contributed by atoms with Crippen LogP contribution in [-0.4, -0.2) is 24.8 Å². The second-order valence-electron chi connectivity index (χ2n) is 2.18. The molecule has 0 radical (unpaired) electrons. The maximum Gasteiger partial charge on any atom is 0.231 e. The Morgan fingerprint density at radius 2 is 1.90 bits per heavy atom. The summed E-state index contributed by atoms with van der Waals surface area (Å²) in [5.41, 5.74) is 20.3. The lowest BCUT2D eigenvalue weighted by Crippen LogP contribution is -2.64. The SMILES string of the molecule is NC(=O)CNCC(N)(N)N. The summed E-state index contributed by atoms with van der Waals surface area (Å²) in [6, 6.07) is 0. The molecule has 0 aliphatic rings. The molecule has 0 aliphatic carbocycles. The fourth-order valence-corrected chi connectivity index (χ4v) is 0.402. The van der Waals surface area contributed by atoms with Gasteiger partial charge < -0.3 is 28.3 Å². The first-order valence-corrected chi connectivity index (χ1v) is 2.77. The largest absolute Gasteiger partial charge is 0.369 e. The number of hydrogen-bond donors (Lipinski definition) is 5. The van der Waals surface area contributed by atoms with Gasteiger partial charge in [0, 0.05) is 6.54 Å². The zero-order valence-electron chi connectivity index (χ0n) is 5.63. The Balaban J connectivity index is 3.29. The smallest absolute Gasteiger partial charge is 0.231 e. The molecule has 0 bridgehead atoms. The first-order chi connectivity index (χ1) is 4.42. The minimum atomic E-state index is -1.28. The lowest BCUT2D eigenvalue weighted by Gasteiger charge is -2.17. The molecule has 0 heterocycles. The summed E-state index contributed by atoms with van der Waals surface area (Å²) in [4.78, 5) is 10.1. The number of carbonyl (C=O) groups excluding carboxylic acids is 1. The Labute approximate surface area is 58.9 Å². The zero-order valence-corrected chi connectivity index (χ0v) is 5.63. The van der Waals surface area contributed by atoms with Crippen LogP contribution in [0.4, 0.5) is 0 Å². The van der Waals surface area contributed by atoms with Gasteiger partial charge in [-0.1, -0.05) is 0 Å². The van der Waals surface area contributed by atoms with Crippen molar-refractivity contribution in [3.05, 3.63) is 0 Å². The molecule has 0 rings (SSSR count). The number of carbonyl (C=O) groups is 1. The maximum atomic E-state index is 10.1. The van der Waals surface area contributed by atoms with Gasteiger partial charge in [0.1, 0.15) is 5.79 Å². The van der Waals surface area contributed by atoms with E-state index in [0.29, 0.717) is 0 Å². The fraction of sp³-hybridized carbons (Fsp3) is 0.750. The van der Waals surface area contributed by atoms with Crippen molar-refractivity contribution in [2.24, 2.45) is 22.9 Å². The Kier molecular flexibility index (Phi) is 3.23. The van der Waals surface area contributed by atoms with Crippen LogP contribution in [-0.2, 0) is 4.79 Å². The van der Waals surface area contributed by atoms with Gasteiger partial charge in [0.2, 0.25) is 5.91 Å². The molecule has 0 saturated carbocycles. The van der Waals surface area contributed by atoms with Crippen LogP contribution in [0.25, 0.3) is 0 Å². The van der Waals surface area contributed by atoms with E-state index < -0.39 is 11.7 Å². The van der Waals surface area contributed by atoms with E-state index >= 15 is 0 Å². The number of hydrogen-bond acceptors (Lipinski definition) is 5. The van der Waals surface area contributed by atoms with Gasteiger partial charge in [-0.05, 0) is 0 Å². The summed E-state index contributed by atoms with van der Waals surface area (Å²) >= 11 is 0. The maximum absolute atomic E-state index is 10.1. The molecule has 60 valence electrons. The van der Waals surface area contributed by atoms with Crippen molar-refractivity contribution in [3.63, 3.8) is 0 Å². The van der Waals surface area contributed by atoms with Crippen molar-refractivity contribution in [1.29, 1.82) is 0 Å². The van der Waals surface area contributed by atoms with Gasteiger partial charge in [0.05, 0.1) is 6.54 Å². The van der Waals surface area contributed by atoms with Crippen molar-refractivity contribution in [3.8, 4) is 0 Å². The third kappa shape index (κ3) is 7.31. The van der Waals surface area contributed by atoms with Crippen molar-refractivity contribution in [2.75, 3.05) is 13.1 Å². The topological polar surface area (TPSA) is 133 Å². The van der Waals surface area contributed by atoms with E-state index in [-0.39, 0.29) is 13.1 Å². The highest BCUT2D eigenvalue weighted by Crippen LogP contribution is 1.70. The molecule has 0 fully saturated rings. The third-order valence-corrected chi connectivity index (χ3v) is 0.730. The highest BCUT2D eigenvalue weighted by molar-refractivity contribution is 5.75. The van der Waals surface area contributed by atoms with Gasteiger partial charge in [0.15, 0.2) is 0 Å². The van der Waals surface area contributed by atoms with E-state index in [1.807, 2.05) is 0 Å². The summed E-state index contributed by atoms with van der Waals surface area (Å²) in [6.07, 6.45) is 0. The van der Waals surface area contributed by atoms with E-state index in [2.05, 4.69) is 5.32 Å². The van der Waals surface area contributed by atoms with Crippen LogP contribution in [0.2, 0.25) is 0 Å². The number of amides is 1. The van der Waals surface area contributed by atoms with E-state index in [1.165, 1.54) is 0 Å². The summed E-state index contributed by atoms with van der Waals surface area (Å²) < 4.78 is 0. The van der Waals surface area contributed by atoms with Crippen LogP contribution in [0.3, 0.4) is 0 Å². The third-order valence-electron chi connectivity index (χ3n) is 0.730. The van der Waals surface area contributed by atoms with Crippen molar-refractivity contribution in [1.82, 2.24) is 5.32 Å². The predicted molar refractivity (Wildman–Crippen MR) is 37.4 cm³/mol. The number of primary amides is 1. The summed E-state index contributed by atoms with van der Waals surface area (Å²) in [5.74, 6) is -1.75. The average Bonchev–Trinajstić information content (AvgIpc) is 1.59. The van der Waals surface area contributed by atoms with Gasteiger partial charge in [-0.3, -0.25) is 4.79 Å². The van der Waals surface area contributed by atoms with Gasteiger partial charge in [-0.15, -0.1) is 0 Å². The number of nitrogens with one attached hydrogen (secondary N) is 1.